The molecule has 7 heteroatoms. The van der Waals surface area contributed by atoms with Gasteiger partial charge in [0.25, 0.3) is 0 Å². The van der Waals surface area contributed by atoms with Crippen LogP contribution in [0.25, 0.3) is 0 Å². The third-order valence-corrected chi connectivity index (χ3v) is 6.92. The van der Waals surface area contributed by atoms with Gasteiger partial charge >= 0.3 is 6.09 Å². The summed E-state index contributed by atoms with van der Waals surface area (Å²) < 4.78 is 7.57. The standard InChI is InChI=1S/C23H36N4O2S/c1-16(2)21-17(3)25-20(30-21)9-7-8-18-14-24-27(15-18)19-10-12-26(13-11-19)22(28)29-23(4,5)6/h14-16,19H,7-13H2,1-6H3. The molecule has 0 aromatic carbocycles. The topological polar surface area (TPSA) is 60.2 Å². The predicted octanol–water partition coefficient (Wildman–Crippen LogP) is 5.52. The lowest BCUT2D eigenvalue weighted by Crippen LogP contribution is -2.42. The van der Waals surface area contributed by atoms with Gasteiger partial charge < -0.3 is 9.64 Å². The molecule has 1 amide bonds. The number of nitrogens with zero attached hydrogens (tertiary/aromatic N) is 4. The van der Waals surface area contributed by atoms with Gasteiger partial charge in [-0.25, -0.2) is 9.78 Å². The van der Waals surface area contributed by atoms with Gasteiger partial charge in [-0.3, -0.25) is 4.68 Å². The Morgan fingerprint density at radius 3 is 2.57 bits per heavy atom. The van der Waals surface area contributed by atoms with E-state index in [0.717, 1.165) is 45.2 Å². The molecule has 0 bridgehead atoms. The number of thiazole rings is 1. The van der Waals surface area contributed by atoms with Crippen molar-refractivity contribution < 1.29 is 9.53 Å². The molecule has 3 heterocycles. The van der Waals surface area contributed by atoms with Crippen molar-refractivity contribution in [3.8, 4) is 0 Å². The molecule has 1 fully saturated rings. The molecule has 0 N–H and O–H groups in total. The SMILES string of the molecule is Cc1nc(CCCc2cnn(C3CCN(C(=O)OC(C)(C)C)CC3)c2)sc1C(C)C. The van der Waals surface area contributed by atoms with Gasteiger partial charge in [-0.2, -0.15) is 5.10 Å². The van der Waals surface area contributed by atoms with E-state index in [9.17, 15) is 4.79 Å². The Morgan fingerprint density at radius 2 is 1.97 bits per heavy atom. The van der Waals surface area contributed by atoms with Crippen molar-refractivity contribution in [3.63, 3.8) is 0 Å². The molecule has 0 radical (unpaired) electrons. The highest BCUT2D eigenvalue weighted by Crippen LogP contribution is 2.27. The molecule has 1 aliphatic rings. The molecule has 2 aromatic heterocycles. The average molecular weight is 433 g/mol. The minimum atomic E-state index is -0.446. The summed E-state index contributed by atoms with van der Waals surface area (Å²) in [5.41, 5.74) is 2.02. The van der Waals surface area contributed by atoms with E-state index in [1.807, 2.05) is 43.2 Å². The number of carbonyl (C=O) groups is 1. The molecule has 0 aliphatic carbocycles. The number of hydrogen-bond donors (Lipinski definition) is 0. The second kappa shape index (κ2) is 9.50. The predicted molar refractivity (Wildman–Crippen MR) is 121 cm³/mol. The average Bonchev–Trinajstić information content (AvgIpc) is 3.27. The van der Waals surface area contributed by atoms with Crippen LogP contribution in [-0.2, 0) is 17.6 Å². The summed E-state index contributed by atoms with van der Waals surface area (Å²) in [6, 6.07) is 0.354. The van der Waals surface area contributed by atoms with Crippen LogP contribution in [0.15, 0.2) is 12.4 Å². The molecule has 0 spiro atoms. The third-order valence-electron chi connectivity index (χ3n) is 5.40. The molecule has 1 saturated heterocycles. The van der Waals surface area contributed by atoms with Crippen LogP contribution >= 0.6 is 11.3 Å². The number of amides is 1. The molecular formula is C23H36N4O2S. The van der Waals surface area contributed by atoms with Crippen LogP contribution in [0, 0.1) is 6.92 Å². The van der Waals surface area contributed by atoms with Crippen LogP contribution in [0.2, 0.25) is 0 Å². The van der Waals surface area contributed by atoms with Crippen LogP contribution in [0.1, 0.15) is 87.0 Å². The Morgan fingerprint density at radius 1 is 1.27 bits per heavy atom. The van der Waals surface area contributed by atoms with Crippen molar-refractivity contribution in [2.45, 2.75) is 91.2 Å². The summed E-state index contributed by atoms with van der Waals surface area (Å²) in [7, 11) is 0. The zero-order valence-electron chi connectivity index (χ0n) is 19.3. The van der Waals surface area contributed by atoms with E-state index in [1.54, 1.807) is 0 Å². The molecule has 6 nitrogen and oxygen atoms in total. The first-order chi connectivity index (χ1) is 14.1. The summed E-state index contributed by atoms with van der Waals surface area (Å²) in [5, 5.41) is 5.85. The highest BCUT2D eigenvalue weighted by Gasteiger charge is 2.27. The zero-order valence-corrected chi connectivity index (χ0v) is 20.1. The van der Waals surface area contributed by atoms with E-state index in [1.165, 1.54) is 21.1 Å². The molecule has 30 heavy (non-hydrogen) atoms. The highest BCUT2D eigenvalue weighted by molar-refractivity contribution is 7.11. The first kappa shape index (κ1) is 22.8. The van der Waals surface area contributed by atoms with Crippen LogP contribution in [0.5, 0.6) is 0 Å². The molecule has 166 valence electrons. The number of piperidine rings is 1. The Labute approximate surface area is 184 Å². The number of likely N-dealkylation sites (tertiary alicyclic amines) is 1. The van der Waals surface area contributed by atoms with Gasteiger partial charge in [-0.15, -0.1) is 11.3 Å². The molecule has 0 saturated carbocycles. The molecule has 0 unspecified atom stereocenters. The number of carbonyl (C=O) groups excluding carboxylic acids is 1. The van der Waals surface area contributed by atoms with Gasteiger partial charge in [-0.1, -0.05) is 13.8 Å². The Kier molecular flexibility index (Phi) is 7.22. The Hall–Kier alpha value is -1.89. The summed E-state index contributed by atoms with van der Waals surface area (Å²) in [6.45, 7) is 13.7. The minimum absolute atomic E-state index is 0.208. The Bertz CT molecular complexity index is 842. The lowest BCUT2D eigenvalue weighted by Gasteiger charge is -2.33. The van der Waals surface area contributed by atoms with Crippen LogP contribution < -0.4 is 0 Å². The van der Waals surface area contributed by atoms with Gasteiger partial charge in [0.1, 0.15) is 5.60 Å². The van der Waals surface area contributed by atoms with Crippen molar-refractivity contribution in [1.82, 2.24) is 19.7 Å². The molecular weight excluding hydrogens is 396 g/mol. The van der Waals surface area contributed by atoms with Crippen molar-refractivity contribution in [2.24, 2.45) is 0 Å². The van der Waals surface area contributed by atoms with E-state index in [4.69, 9.17) is 9.72 Å². The zero-order chi connectivity index (χ0) is 21.9. The van der Waals surface area contributed by atoms with Gasteiger partial charge in [0.15, 0.2) is 0 Å². The van der Waals surface area contributed by atoms with Crippen molar-refractivity contribution >= 4 is 17.4 Å². The summed E-state index contributed by atoms with van der Waals surface area (Å²) in [5.74, 6) is 0.552. The quantitative estimate of drug-likeness (QED) is 0.603. The first-order valence-corrected chi connectivity index (χ1v) is 11.9. The summed E-state index contributed by atoms with van der Waals surface area (Å²) >= 11 is 1.86. The third kappa shape index (κ3) is 6.06. The highest BCUT2D eigenvalue weighted by atomic mass is 32.1. The summed E-state index contributed by atoms with van der Waals surface area (Å²) in [6.07, 6.45) is 8.93. The Balaban J connectivity index is 1.45. The van der Waals surface area contributed by atoms with Gasteiger partial charge in [-0.05, 0) is 71.3 Å². The van der Waals surface area contributed by atoms with Crippen molar-refractivity contribution in [3.05, 3.63) is 33.5 Å². The lowest BCUT2D eigenvalue weighted by atomic mass is 10.1. The minimum Gasteiger partial charge on any atom is -0.444 e. The van der Waals surface area contributed by atoms with Crippen molar-refractivity contribution in [1.29, 1.82) is 0 Å². The molecule has 0 atom stereocenters. The van der Waals surface area contributed by atoms with E-state index >= 15 is 0 Å². The largest absolute Gasteiger partial charge is 0.444 e. The fourth-order valence-corrected chi connectivity index (χ4v) is 5.01. The maximum atomic E-state index is 12.2. The second-order valence-corrected chi connectivity index (χ2v) is 10.7. The van der Waals surface area contributed by atoms with Gasteiger partial charge in [0.2, 0.25) is 0 Å². The van der Waals surface area contributed by atoms with Crippen molar-refractivity contribution in [2.75, 3.05) is 13.1 Å². The van der Waals surface area contributed by atoms with Crippen LogP contribution in [0.3, 0.4) is 0 Å². The monoisotopic (exact) mass is 432 g/mol. The maximum Gasteiger partial charge on any atom is 0.410 e. The van der Waals surface area contributed by atoms with Crippen LogP contribution in [0.4, 0.5) is 4.79 Å². The maximum absolute atomic E-state index is 12.2. The molecule has 1 aliphatic heterocycles. The van der Waals surface area contributed by atoms with E-state index < -0.39 is 5.60 Å². The smallest absolute Gasteiger partial charge is 0.410 e. The number of ether oxygens (including phenoxy) is 1. The second-order valence-electron chi connectivity index (χ2n) is 9.59. The number of aromatic nitrogens is 3. The first-order valence-electron chi connectivity index (χ1n) is 11.1. The van der Waals surface area contributed by atoms with Gasteiger partial charge in [0, 0.05) is 24.2 Å². The molecule has 3 rings (SSSR count). The number of rotatable bonds is 6. The van der Waals surface area contributed by atoms with Crippen LogP contribution in [-0.4, -0.2) is 44.4 Å². The summed E-state index contributed by atoms with van der Waals surface area (Å²) in [4.78, 5) is 20.2. The van der Waals surface area contributed by atoms with Gasteiger partial charge in [0.05, 0.1) is 22.9 Å². The fourth-order valence-electron chi connectivity index (χ4n) is 3.90. The van der Waals surface area contributed by atoms with E-state index in [-0.39, 0.29) is 6.09 Å². The molecule has 2 aromatic rings. The fraction of sp³-hybridized carbons (Fsp3) is 0.696. The van der Waals surface area contributed by atoms with E-state index in [0.29, 0.717) is 12.0 Å². The van der Waals surface area contributed by atoms with E-state index in [2.05, 4.69) is 36.7 Å². The number of aryl methyl sites for hydroxylation is 3. The normalized spacial score (nSPS) is 15.8. The lowest BCUT2D eigenvalue weighted by molar-refractivity contribution is 0.0184. The number of hydrogen-bond acceptors (Lipinski definition) is 5.